The van der Waals surface area contributed by atoms with E-state index in [1.807, 2.05) is 41.6 Å². The largest absolute Gasteiger partial charge is 0.378 e. The monoisotopic (exact) mass is 481 g/mol. The quantitative estimate of drug-likeness (QED) is 0.548. The predicted octanol–water partition coefficient (Wildman–Crippen LogP) is 1.97. The van der Waals surface area contributed by atoms with Crippen LogP contribution < -0.4 is 15.1 Å². The van der Waals surface area contributed by atoms with Crippen molar-refractivity contribution in [3.63, 3.8) is 0 Å². The standard InChI is InChI=1S/C22H27N9O2S/c1-34-18-4-2-3-17(15-18)24-22(32)30-9-7-28(8-10-30)19-25-20(29-11-13-33-14-12-29)27-21(26-19)31-6-5-23-16-31/h2-6,15-16H,7-14H2,1H3,(H,24,32). The Morgan fingerprint density at radius 1 is 0.971 bits per heavy atom. The molecule has 1 aromatic carbocycles. The minimum absolute atomic E-state index is 0.0957. The molecule has 0 spiro atoms. The Kier molecular flexibility index (Phi) is 6.77. The molecular weight excluding hydrogens is 454 g/mol. The third-order valence-corrected chi connectivity index (χ3v) is 6.53. The van der Waals surface area contributed by atoms with Gasteiger partial charge in [-0.1, -0.05) is 6.07 Å². The van der Waals surface area contributed by atoms with Crippen molar-refractivity contribution < 1.29 is 9.53 Å². The number of ether oxygens (including phenoxy) is 1. The number of carbonyl (C=O) groups is 1. The number of nitrogens with one attached hydrogen (secondary N) is 1. The molecule has 34 heavy (non-hydrogen) atoms. The van der Waals surface area contributed by atoms with Crippen molar-refractivity contribution in [2.75, 3.05) is 73.9 Å². The number of amides is 2. The van der Waals surface area contributed by atoms with E-state index in [4.69, 9.17) is 14.7 Å². The molecule has 3 aromatic rings. The summed E-state index contributed by atoms with van der Waals surface area (Å²) in [5, 5.41) is 3.01. The molecule has 0 atom stereocenters. The SMILES string of the molecule is CSc1cccc(NC(=O)N2CCN(c3nc(N4CCOCC4)nc(-n4ccnc4)n3)CC2)c1. The van der Waals surface area contributed by atoms with E-state index in [1.165, 1.54) is 0 Å². The molecule has 0 aliphatic carbocycles. The van der Waals surface area contributed by atoms with Crippen molar-refractivity contribution in [1.29, 1.82) is 0 Å². The van der Waals surface area contributed by atoms with E-state index in [0.717, 1.165) is 23.7 Å². The first-order valence-electron chi connectivity index (χ1n) is 11.2. The Balaban J connectivity index is 1.29. The van der Waals surface area contributed by atoms with Crippen LogP contribution in [-0.4, -0.2) is 94.2 Å². The second-order valence-electron chi connectivity index (χ2n) is 7.94. The van der Waals surface area contributed by atoms with E-state index >= 15 is 0 Å². The van der Waals surface area contributed by atoms with E-state index in [-0.39, 0.29) is 6.03 Å². The number of piperazine rings is 1. The molecule has 1 N–H and O–H groups in total. The Morgan fingerprint density at radius 3 is 2.35 bits per heavy atom. The lowest BCUT2D eigenvalue weighted by molar-refractivity contribution is 0.122. The van der Waals surface area contributed by atoms with Crippen molar-refractivity contribution in [3.8, 4) is 5.95 Å². The average Bonchev–Trinajstić information content (AvgIpc) is 3.44. The average molecular weight is 482 g/mol. The molecule has 2 aliphatic rings. The molecule has 178 valence electrons. The number of morpholine rings is 1. The number of imidazole rings is 1. The summed E-state index contributed by atoms with van der Waals surface area (Å²) in [6.07, 6.45) is 7.21. The topological polar surface area (TPSA) is 105 Å². The van der Waals surface area contributed by atoms with E-state index in [2.05, 4.69) is 25.1 Å². The molecule has 2 fully saturated rings. The Hall–Kier alpha value is -3.38. The number of nitrogens with zero attached hydrogens (tertiary/aromatic N) is 8. The summed E-state index contributed by atoms with van der Waals surface area (Å²) >= 11 is 1.65. The fourth-order valence-corrected chi connectivity index (χ4v) is 4.35. The highest BCUT2D eigenvalue weighted by atomic mass is 32.2. The van der Waals surface area contributed by atoms with E-state index in [0.29, 0.717) is 57.2 Å². The molecule has 2 aromatic heterocycles. The predicted molar refractivity (Wildman–Crippen MR) is 131 cm³/mol. The van der Waals surface area contributed by atoms with Crippen LogP contribution in [0.1, 0.15) is 0 Å². The zero-order chi connectivity index (χ0) is 23.3. The van der Waals surface area contributed by atoms with Crippen molar-refractivity contribution >= 4 is 35.4 Å². The Morgan fingerprint density at radius 2 is 1.68 bits per heavy atom. The van der Waals surface area contributed by atoms with Gasteiger partial charge in [-0.3, -0.25) is 4.57 Å². The lowest BCUT2D eigenvalue weighted by Gasteiger charge is -2.35. The molecule has 0 unspecified atom stereocenters. The van der Waals surface area contributed by atoms with Gasteiger partial charge in [0.05, 0.1) is 13.2 Å². The third kappa shape index (κ3) is 5.07. The smallest absolute Gasteiger partial charge is 0.321 e. The number of benzene rings is 1. The third-order valence-electron chi connectivity index (χ3n) is 5.80. The van der Waals surface area contributed by atoms with Gasteiger partial charge in [0.15, 0.2) is 0 Å². The number of hydrogen-bond donors (Lipinski definition) is 1. The van der Waals surface area contributed by atoms with Gasteiger partial charge in [-0.05, 0) is 24.5 Å². The fourth-order valence-electron chi connectivity index (χ4n) is 3.90. The van der Waals surface area contributed by atoms with Crippen LogP contribution in [0.25, 0.3) is 5.95 Å². The highest BCUT2D eigenvalue weighted by Gasteiger charge is 2.25. The van der Waals surface area contributed by atoms with Crippen LogP contribution in [0.3, 0.4) is 0 Å². The van der Waals surface area contributed by atoms with Gasteiger partial charge >= 0.3 is 6.03 Å². The molecule has 0 saturated carbocycles. The minimum atomic E-state index is -0.0957. The molecule has 12 heteroatoms. The number of thioether (sulfide) groups is 1. The number of hydrogen-bond acceptors (Lipinski definition) is 9. The van der Waals surface area contributed by atoms with Crippen molar-refractivity contribution in [2.45, 2.75) is 4.90 Å². The maximum atomic E-state index is 12.8. The zero-order valence-corrected chi connectivity index (χ0v) is 19.8. The normalized spacial score (nSPS) is 16.6. The molecule has 4 heterocycles. The first-order chi connectivity index (χ1) is 16.7. The van der Waals surface area contributed by atoms with Crippen LogP contribution in [0.15, 0.2) is 47.9 Å². The molecule has 0 radical (unpaired) electrons. The van der Waals surface area contributed by atoms with Gasteiger partial charge in [-0.15, -0.1) is 11.8 Å². The Labute approximate surface area is 202 Å². The second-order valence-corrected chi connectivity index (χ2v) is 8.82. The van der Waals surface area contributed by atoms with Crippen molar-refractivity contribution in [3.05, 3.63) is 43.0 Å². The molecule has 2 aliphatic heterocycles. The molecule has 0 bridgehead atoms. The van der Waals surface area contributed by atoms with Gasteiger partial charge < -0.3 is 24.8 Å². The van der Waals surface area contributed by atoms with Crippen molar-refractivity contribution in [1.82, 2.24) is 29.4 Å². The van der Waals surface area contributed by atoms with Gasteiger partial charge in [0, 0.05) is 62.2 Å². The van der Waals surface area contributed by atoms with E-state index in [9.17, 15) is 4.79 Å². The minimum Gasteiger partial charge on any atom is -0.378 e. The zero-order valence-electron chi connectivity index (χ0n) is 19.0. The van der Waals surface area contributed by atoms with Gasteiger partial charge in [-0.2, -0.15) is 15.0 Å². The maximum absolute atomic E-state index is 12.8. The summed E-state index contributed by atoms with van der Waals surface area (Å²) in [5.74, 6) is 1.76. The molecule has 11 nitrogen and oxygen atoms in total. The first kappa shape index (κ1) is 22.4. The fraction of sp³-hybridized carbons (Fsp3) is 0.409. The lowest BCUT2D eigenvalue weighted by Crippen LogP contribution is -2.50. The molecule has 2 saturated heterocycles. The van der Waals surface area contributed by atoms with Gasteiger partial charge in [0.2, 0.25) is 17.8 Å². The van der Waals surface area contributed by atoms with Crippen LogP contribution in [-0.2, 0) is 4.74 Å². The maximum Gasteiger partial charge on any atom is 0.321 e. The van der Waals surface area contributed by atoms with Crippen LogP contribution in [0.5, 0.6) is 0 Å². The summed E-state index contributed by atoms with van der Waals surface area (Å²) in [4.78, 5) is 38.2. The molecule has 2 amide bonds. The van der Waals surface area contributed by atoms with Crippen LogP contribution in [0.2, 0.25) is 0 Å². The molecular formula is C22H27N9O2S. The summed E-state index contributed by atoms with van der Waals surface area (Å²) in [6.45, 7) is 5.18. The van der Waals surface area contributed by atoms with Gasteiger partial charge in [0.25, 0.3) is 0 Å². The summed E-state index contributed by atoms with van der Waals surface area (Å²) in [5.41, 5.74) is 0.803. The molecule has 5 rings (SSSR count). The van der Waals surface area contributed by atoms with Crippen LogP contribution >= 0.6 is 11.8 Å². The summed E-state index contributed by atoms with van der Waals surface area (Å²) in [7, 11) is 0. The lowest BCUT2D eigenvalue weighted by atomic mass is 10.3. The first-order valence-corrected chi connectivity index (χ1v) is 12.4. The van der Waals surface area contributed by atoms with Crippen molar-refractivity contribution in [2.24, 2.45) is 0 Å². The Bertz CT molecular complexity index is 1110. The van der Waals surface area contributed by atoms with Crippen LogP contribution in [0.4, 0.5) is 22.4 Å². The number of aromatic nitrogens is 5. The summed E-state index contributed by atoms with van der Waals surface area (Å²) in [6, 6.07) is 7.76. The number of carbonyl (C=O) groups excluding carboxylic acids is 1. The number of urea groups is 1. The number of anilines is 3. The summed E-state index contributed by atoms with van der Waals surface area (Å²) < 4.78 is 7.26. The number of rotatable bonds is 5. The second kappa shape index (κ2) is 10.3. The van der Waals surface area contributed by atoms with Gasteiger partial charge in [-0.25, -0.2) is 9.78 Å². The van der Waals surface area contributed by atoms with E-state index < -0.39 is 0 Å². The van der Waals surface area contributed by atoms with Gasteiger partial charge in [0.1, 0.15) is 6.33 Å². The highest BCUT2D eigenvalue weighted by molar-refractivity contribution is 7.98. The van der Waals surface area contributed by atoms with Crippen LogP contribution in [0, 0.1) is 0 Å². The van der Waals surface area contributed by atoms with E-state index in [1.54, 1.807) is 28.9 Å². The highest BCUT2D eigenvalue weighted by Crippen LogP contribution is 2.21.